The Kier molecular flexibility index (Phi) is 4.85. The van der Waals surface area contributed by atoms with E-state index in [4.69, 9.17) is 5.11 Å². The van der Waals surface area contributed by atoms with Crippen molar-refractivity contribution in [2.24, 2.45) is 5.92 Å². The zero-order valence-corrected chi connectivity index (χ0v) is 9.90. The first-order valence-electron chi connectivity index (χ1n) is 5.68. The van der Waals surface area contributed by atoms with Gasteiger partial charge in [-0.05, 0) is 31.5 Å². The van der Waals surface area contributed by atoms with Crippen LogP contribution in [0.1, 0.15) is 32.5 Å². The van der Waals surface area contributed by atoms with Gasteiger partial charge in [0.2, 0.25) is 0 Å². The second-order valence-corrected chi connectivity index (χ2v) is 4.15. The van der Waals surface area contributed by atoms with Crippen molar-refractivity contribution in [1.29, 1.82) is 0 Å². The van der Waals surface area contributed by atoms with E-state index < -0.39 is 0 Å². The molecule has 0 radical (unpaired) electrons. The van der Waals surface area contributed by atoms with Crippen molar-refractivity contribution in [3.8, 4) is 0 Å². The number of aromatic nitrogens is 1. The van der Waals surface area contributed by atoms with Gasteiger partial charge in [-0.15, -0.1) is 0 Å². The van der Waals surface area contributed by atoms with Crippen molar-refractivity contribution in [2.45, 2.75) is 33.4 Å². The van der Waals surface area contributed by atoms with Crippen LogP contribution in [0.2, 0.25) is 0 Å². The summed E-state index contributed by atoms with van der Waals surface area (Å²) >= 11 is 0. The van der Waals surface area contributed by atoms with Crippen LogP contribution < -0.4 is 5.32 Å². The summed E-state index contributed by atoms with van der Waals surface area (Å²) in [6.45, 7) is 8.43. The molecule has 2 unspecified atom stereocenters. The van der Waals surface area contributed by atoms with Crippen LogP contribution in [-0.4, -0.2) is 22.8 Å². The predicted octanol–water partition coefficient (Wildman–Crippen LogP) is 1.79. The topological polar surface area (TPSA) is 37.2 Å². The molecular weight excluding hydrogens is 188 g/mol. The Balaban J connectivity index is 2.68. The van der Waals surface area contributed by atoms with Gasteiger partial charge in [0.1, 0.15) is 0 Å². The summed E-state index contributed by atoms with van der Waals surface area (Å²) in [6, 6.07) is 4.57. The number of nitrogens with zero attached hydrogens (tertiary/aromatic N) is 1. The van der Waals surface area contributed by atoms with Crippen molar-refractivity contribution in [1.82, 2.24) is 9.88 Å². The van der Waals surface area contributed by atoms with Crippen LogP contribution in [0.3, 0.4) is 0 Å². The molecule has 0 aliphatic rings. The molecule has 1 aromatic rings. The zero-order valence-electron chi connectivity index (χ0n) is 9.90. The van der Waals surface area contributed by atoms with Gasteiger partial charge in [-0.3, -0.25) is 0 Å². The molecule has 1 aromatic heterocycles. The minimum atomic E-state index is 0.243. The molecule has 3 heteroatoms. The van der Waals surface area contributed by atoms with E-state index >= 15 is 0 Å². The van der Waals surface area contributed by atoms with Gasteiger partial charge in [0.25, 0.3) is 0 Å². The molecule has 86 valence electrons. The molecule has 0 amide bonds. The molecule has 0 fully saturated rings. The first-order chi connectivity index (χ1) is 7.19. The lowest BCUT2D eigenvalue weighted by atomic mass is 10.2. The lowest BCUT2D eigenvalue weighted by Crippen LogP contribution is -2.22. The van der Waals surface area contributed by atoms with Gasteiger partial charge in [-0.1, -0.05) is 13.8 Å². The van der Waals surface area contributed by atoms with Gasteiger partial charge in [0, 0.05) is 31.1 Å². The fraction of sp³-hybridized carbons (Fsp3) is 0.667. The Morgan fingerprint density at radius 1 is 1.47 bits per heavy atom. The highest BCUT2D eigenvalue weighted by Gasteiger charge is 2.10. The maximum absolute atomic E-state index is 9.04. The van der Waals surface area contributed by atoms with Gasteiger partial charge in [0.05, 0.1) is 0 Å². The van der Waals surface area contributed by atoms with Crippen molar-refractivity contribution in [2.75, 3.05) is 13.2 Å². The Hall–Kier alpha value is -0.800. The quantitative estimate of drug-likeness (QED) is 0.751. The highest BCUT2D eigenvalue weighted by atomic mass is 16.3. The lowest BCUT2D eigenvalue weighted by molar-refractivity contribution is 0.221. The number of rotatable bonds is 6. The molecule has 0 saturated heterocycles. The molecule has 0 aromatic carbocycles. The van der Waals surface area contributed by atoms with E-state index in [2.05, 4.69) is 49.0 Å². The molecule has 0 saturated carbocycles. The fourth-order valence-corrected chi connectivity index (χ4v) is 1.79. The Bertz CT molecular complexity index is 283. The summed E-state index contributed by atoms with van der Waals surface area (Å²) in [7, 11) is 0. The predicted molar refractivity (Wildman–Crippen MR) is 62.8 cm³/mol. The van der Waals surface area contributed by atoms with Crippen molar-refractivity contribution < 1.29 is 5.11 Å². The number of hydrogen-bond acceptors (Lipinski definition) is 2. The molecule has 2 atom stereocenters. The van der Waals surface area contributed by atoms with Crippen molar-refractivity contribution in [3.63, 3.8) is 0 Å². The Morgan fingerprint density at radius 2 is 2.20 bits per heavy atom. The fourth-order valence-electron chi connectivity index (χ4n) is 1.79. The highest BCUT2D eigenvalue weighted by Crippen LogP contribution is 2.14. The van der Waals surface area contributed by atoms with E-state index in [-0.39, 0.29) is 6.61 Å². The maximum atomic E-state index is 9.04. The molecule has 0 aliphatic carbocycles. The van der Waals surface area contributed by atoms with Crippen LogP contribution in [0.25, 0.3) is 0 Å². The monoisotopic (exact) mass is 210 g/mol. The third-order valence-corrected chi connectivity index (χ3v) is 2.64. The van der Waals surface area contributed by atoms with Gasteiger partial charge in [-0.2, -0.15) is 0 Å². The van der Waals surface area contributed by atoms with Crippen LogP contribution in [-0.2, 0) is 6.54 Å². The summed E-state index contributed by atoms with van der Waals surface area (Å²) in [4.78, 5) is 0. The number of aliphatic hydroxyl groups excluding tert-OH is 1. The molecule has 0 bridgehead atoms. The van der Waals surface area contributed by atoms with Gasteiger partial charge < -0.3 is 15.0 Å². The summed E-state index contributed by atoms with van der Waals surface area (Å²) in [5.41, 5.74) is 1.29. The maximum Gasteiger partial charge on any atom is 0.0473 e. The third-order valence-electron chi connectivity index (χ3n) is 2.64. The smallest absolute Gasteiger partial charge is 0.0473 e. The molecule has 2 N–H and O–H groups in total. The highest BCUT2D eigenvalue weighted by molar-refractivity contribution is 5.11. The summed E-state index contributed by atoms with van der Waals surface area (Å²) in [6.07, 6.45) is 2.08. The van der Waals surface area contributed by atoms with Crippen LogP contribution in [0.4, 0.5) is 0 Å². The first kappa shape index (κ1) is 12.3. The van der Waals surface area contributed by atoms with E-state index in [9.17, 15) is 0 Å². The van der Waals surface area contributed by atoms with Crippen LogP contribution in [0.15, 0.2) is 18.3 Å². The molecule has 0 spiro atoms. The van der Waals surface area contributed by atoms with Crippen LogP contribution in [0.5, 0.6) is 0 Å². The normalized spacial score (nSPS) is 15.2. The van der Waals surface area contributed by atoms with E-state index in [0.29, 0.717) is 12.0 Å². The van der Waals surface area contributed by atoms with Gasteiger partial charge >= 0.3 is 0 Å². The largest absolute Gasteiger partial charge is 0.396 e. The number of aliphatic hydroxyl groups is 1. The van der Waals surface area contributed by atoms with Crippen LogP contribution in [0, 0.1) is 5.92 Å². The summed E-state index contributed by atoms with van der Waals surface area (Å²) in [5.74, 6) is 0.310. The lowest BCUT2D eigenvalue weighted by Gasteiger charge is -2.18. The second-order valence-electron chi connectivity index (χ2n) is 4.15. The van der Waals surface area contributed by atoms with Gasteiger partial charge in [0.15, 0.2) is 0 Å². The van der Waals surface area contributed by atoms with E-state index in [0.717, 1.165) is 13.1 Å². The summed E-state index contributed by atoms with van der Waals surface area (Å²) < 4.78 is 2.22. The molecule has 3 nitrogen and oxygen atoms in total. The van der Waals surface area contributed by atoms with E-state index in [1.807, 2.05) is 0 Å². The molecule has 1 rings (SSSR count). The SMILES string of the molecule is CCNC(C)c1cccn1CC(C)CO. The van der Waals surface area contributed by atoms with E-state index in [1.54, 1.807) is 0 Å². The van der Waals surface area contributed by atoms with E-state index in [1.165, 1.54) is 5.69 Å². The standard InChI is InChI=1S/C12H22N2O/c1-4-13-11(3)12-6-5-7-14(12)8-10(2)9-15/h5-7,10-11,13,15H,4,8-9H2,1-3H3. The molecule has 1 heterocycles. The first-order valence-corrected chi connectivity index (χ1v) is 5.68. The molecular formula is C12H22N2O. The van der Waals surface area contributed by atoms with Crippen LogP contribution >= 0.6 is 0 Å². The Morgan fingerprint density at radius 3 is 2.80 bits per heavy atom. The summed E-state index contributed by atoms with van der Waals surface area (Å²) in [5, 5.41) is 12.4. The average molecular weight is 210 g/mol. The third kappa shape index (κ3) is 3.36. The van der Waals surface area contributed by atoms with Gasteiger partial charge in [-0.25, -0.2) is 0 Å². The Labute approximate surface area is 92.1 Å². The van der Waals surface area contributed by atoms with Crippen molar-refractivity contribution in [3.05, 3.63) is 24.0 Å². The number of nitrogens with one attached hydrogen (secondary N) is 1. The average Bonchev–Trinajstić information content (AvgIpc) is 2.66. The minimum absolute atomic E-state index is 0.243. The number of hydrogen-bond donors (Lipinski definition) is 2. The van der Waals surface area contributed by atoms with Crippen molar-refractivity contribution >= 4 is 0 Å². The minimum Gasteiger partial charge on any atom is -0.396 e. The molecule has 15 heavy (non-hydrogen) atoms. The molecule has 0 aliphatic heterocycles. The zero-order chi connectivity index (χ0) is 11.3. The second kappa shape index (κ2) is 5.93.